The summed E-state index contributed by atoms with van der Waals surface area (Å²) in [5, 5.41) is 3.57. The number of aromatic nitrogens is 4. The van der Waals surface area contributed by atoms with Crippen LogP contribution in [0.4, 0.5) is 16.3 Å². The lowest BCUT2D eigenvalue weighted by Crippen LogP contribution is -2.14. The van der Waals surface area contributed by atoms with Crippen molar-refractivity contribution >= 4 is 41.0 Å². The summed E-state index contributed by atoms with van der Waals surface area (Å²) in [5.74, 6) is 0.949. The number of halogens is 1. The molecule has 1 aliphatic rings. The second-order valence-electron chi connectivity index (χ2n) is 8.32. The molecule has 0 atom stereocenters. The van der Waals surface area contributed by atoms with Gasteiger partial charge in [-0.3, -0.25) is 10.3 Å². The van der Waals surface area contributed by atoms with Gasteiger partial charge >= 0.3 is 6.09 Å². The van der Waals surface area contributed by atoms with Crippen LogP contribution in [0.2, 0.25) is 0 Å². The number of amides is 1. The normalized spacial score (nSPS) is 13.4. The van der Waals surface area contributed by atoms with E-state index in [2.05, 4.69) is 31.0 Å². The van der Waals surface area contributed by atoms with Crippen LogP contribution in [0.5, 0.6) is 5.75 Å². The predicted octanol–water partition coefficient (Wildman–Crippen LogP) is 5.37. The third-order valence-corrected chi connectivity index (χ3v) is 6.20. The zero-order valence-electron chi connectivity index (χ0n) is 19.3. The molecule has 0 radical (unpaired) electrons. The van der Waals surface area contributed by atoms with Gasteiger partial charge in [0.05, 0.1) is 18.2 Å². The van der Waals surface area contributed by atoms with Gasteiger partial charge in [-0.15, -0.1) is 12.4 Å². The summed E-state index contributed by atoms with van der Waals surface area (Å²) in [7, 11) is 1.56. The Balaban J connectivity index is 0.00000289. The van der Waals surface area contributed by atoms with Crippen molar-refractivity contribution in [3.05, 3.63) is 60.8 Å². The molecule has 5 rings (SSSR count). The summed E-state index contributed by atoms with van der Waals surface area (Å²) in [6, 6.07) is 9.62. The Morgan fingerprint density at radius 2 is 2.06 bits per heavy atom. The lowest BCUT2D eigenvalue weighted by atomic mass is 10.0. The quantitative estimate of drug-likeness (QED) is 0.370. The number of benzene rings is 1. The van der Waals surface area contributed by atoms with Crippen molar-refractivity contribution in [3.63, 3.8) is 0 Å². The minimum Gasteiger partial charge on any atom is -0.495 e. The first-order valence-corrected chi connectivity index (χ1v) is 11.3. The van der Waals surface area contributed by atoms with Crippen LogP contribution in [-0.2, 0) is 11.3 Å². The highest BCUT2D eigenvalue weighted by Gasteiger charge is 2.23. The lowest BCUT2D eigenvalue weighted by molar-refractivity contribution is 0.155. The molecular weight excluding hydrogens is 468 g/mol. The molecule has 0 spiro atoms. The number of nitrogens with one attached hydrogen (secondary N) is 1. The summed E-state index contributed by atoms with van der Waals surface area (Å²) in [5.41, 5.74) is 10.3. The van der Waals surface area contributed by atoms with Crippen molar-refractivity contribution in [2.75, 3.05) is 18.2 Å². The molecule has 1 fully saturated rings. The summed E-state index contributed by atoms with van der Waals surface area (Å²) >= 11 is 0. The Kier molecular flexibility index (Phi) is 7.36. The highest BCUT2D eigenvalue weighted by molar-refractivity contribution is 6.01. The van der Waals surface area contributed by atoms with E-state index >= 15 is 0 Å². The van der Waals surface area contributed by atoms with Crippen LogP contribution in [0.15, 0.2) is 55.2 Å². The summed E-state index contributed by atoms with van der Waals surface area (Å²) in [4.78, 5) is 25.1. The van der Waals surface area contributed by atoms with Crippen molar-refractivity contribution in [3.8, 4) is 16.9 Å². The number of ether oxygens (including phenoxy) is 2. The number of pyridine rings is 1. The third kappa shape index (κ3) is 5.00. The van der Waals surface area contributed by atoms with E-state index in [0.717, 1.165) is 40.6 Å². The van der Waals surface area contributed by atoms with Gasteiger partial charge in [0, 0.05) is 35.8 Å². The number of hydrogen-bond donors (Lipinski definition) is 2. The number of rotatable bonds is 6. The number of hydrogen-bond acceptors (Lipinski definition) is 7. The Morgan fingerprint density at radius 3 is 2.80 bits per heavy atom. The van der Waals surface area contributed by atoms with Gasteiger partial charge in [-0.1, -0.05) is 25.0 Å². The molecule has 1 amide bonds. The van der Waals surface area contributed by atoms with Crippen LogP contribution >= 0.6 is 12.4 Å². The van der Waals surface area contributed by atoms with Gasteiger partial charge in [-0.2, -0.15) is 0 Å². The zero-order chi connectivity index (χ0) is 23.5. The van der Waals surface area contributed by atoms with E-state index in [1.807, 2.05) is 18.2 Å². The molecule has 3 N–H and O–H groups in total. The number of carbonyl (C=O) groups is 1. The molecule has 3 aromatic heterocycles. The predicted molar refractivity (Wildman–Crippen MR) is 137 cm³/mol. The largest absolute Gasteiger partial charge is 0.495 e. The molecular formula is C25H27ClN6O3. The zero-order valence-corrected chi connectivity index (χ0v) is 20.1. The van der Waals surface area contributed by atoms with E-state index < -0.39 is 6.09 Å². The molecule has 182 valence electrons. The van der Waals surface area contributed by atoms with Crippen molar-refractivity contribution in [1.82, 2.24) is 19.5 Å². The van der Waals surface area contributed by atoms with E-state index in [9.17, 15) is 4.79 Å². The molecule has 10 heteroatoms. The molecule has 0 unspecified atom stereocenters. The van der Waals surface area contributed by atoms with Gasteiger partial charge in [0.15, 0.2) is 0 Å². The van der Waals surface area contributed by atoms with Gasteiger partial charge in [0.1, 0.15) is 30.1 Å². The molecule has 3 heterocycles. The maximum atomic E-state index is 12.3. The van der Waals surface area contributed by atoms with E-state index in [-0.39, 0.29) is 19.0 Å². The lowest BCUT2D eigenvalue weighted by Gasteiger charge is -2.13. The Labute approximate surface area is 209 Å². The topological polar surface area (TPSA) is 117 Å². The fourth-order valence-electron chi connectivity index (χ4n) is 4.53. The van der Waals surface area contributed by atoms with Gasteiger partial charge < -0.3 is 19.8 Å². The summed E-state index contributed by atoms with van der Waals surface area (Å²) < 4.78 is 13.1. The Morgan fingerprint density at radius 1 is 1.23 bits per heavy atom. The van der Waals surface area contributed by atoms with Crippen LogP contribution in [-0.4, -0.2) is 32.7 Å². The second kappa shape index (κ2) is 10.6. The van der Waals surface area contributed by atoms with Gasteiger partial charge in [-0.25, -0.2) is 14.8 Å². The van der Waals surface area contributed by atoms with Crippen LogP contribution in [0.25, 0.3) is 22.2 Å². The fraction of sp³-hybridized carbons (Fsp3) is 0.280. The smallest absolute Gasteiger partial charge is 0.412 e. The number of nitrogen functional groups attached to an aromatic ring is 1. The monoisotopic (exact) mass is 494 g/mol. The minimum absolute atomic E-state index is 0. The molecule has 0 saturated heterocycles. The average molecular weight is 495 g/mol. The number of nitrogens with zero attached hydrogens (tertiary/aromatic N) is 4. The first-order valence-electron chi connectivity index (χ1n) is 11.3. The van der Waals surface area contributed by atoms with Crippen LogP contribution in [0, 0.1) is 0 Å². The Hall–Kier alpha value is -3.85. The average Bonchev–Trinajstić information content (AvgIpc) is 3.52. The highest BCUT2D eigenvalue weighted by atomic mass is 35.5. The third-order valence-electron chi connectivity index (χ3n) is 6.20. The number of methoxy groups -OCH3 is 1. The highest BCUT2D eigenvalue weighted by Crippen LogP contribution is 2.40. The van der Waals surface area contributed by atoms with Crippen molar-refractivity contribution in [1.29, 1.82) is 0 Å². The molecule has 0 bridgehead atoms. The van der Waals surface area contributed by atoms with Crippen LogP contribution in [0.1, 0.15) is 37.3 Å². The van der Waals surface area contributed by atoms with Crippen molar-refractivity contribution in [2.24, 2.45) is 0 Å². The number of fused-ring (bicyclic) bond motifs is 1. The van der Waals surface area contributed by atoms with Crippen LogP contribution < -0.4 is 15.8 Å². The summed E-state index contributed by atoms with van der Waals surface area (Å²) in [6.45, 7) is 0.125. The first-order chi connectivity index (χ1) is 16.6. The fourth-order valence-corrected chi connectivity index (χ4v) is 4.53. The number of anilines is 2. The maximum absolute atomic E-state index is 12.3. The number of carbonyl (C=O) groups excluding carboxylic acids is 1. The second-order valence-corrected chi connectivity index (χ2v) is 8.32. The maximum Gasteiger partial charge on any atom is 0.412 e. The number of nitrogens with two attached hydrogens (primary N) is 1. The van der Waals surface area contributed by atoms with Gasteiger partial charge in [0.25, 0.3) is 0 Å². The Bertz CT molecular complexity index is 1320. The molecule has 4 aromatic rings. The molecule has 1 saturated carbocycles. The molecule has 9 nitrogen and oxygen atoms in total. The van der Waals surface area contributed by atoms with Gasteiger partial charge in [-0.05, 0) is 36.6 Å². The minimum atomic E-state index is -0.578. The van der Waals surface area contributed by atoms with Crippen molar-refractivity contribution < 1.29 is 14.3 Å². The molecule has 1 aromatic carbocycles. The van der Waals surface area contributed by atoms with Gasteiger partial charge in [0.2, 0.25) is 0 Å². The SMILES string of the molecule is COc1cc(-c2cn(C3CCCC3)c3ncnc(N)c23)ccc1NC(=O)OCc1cccnc1.Cl. The first kappa shape index (κ1) is 24.3. The van der Waals surface area contributed by atoms with Crippen LogP contribution in [0.3, 0.4) is 0 Å². The van der Waals surface area contributed by atoms with E-state index in [4.69, 9.17) is 15.2 Å². The van der Waals surface area contributed by atoms with E-state index in [1.54, 1.807) is 31.6 Å². The molecule has 1 aliphatic carbocycles. The molecule has 35 heavy (non-hydrogen) atoms. The van der Waals surface area contributed by atoms with Crippen molar-refractivity contribution in [2.45, 2.75) is 38.3 Å². The molecule has 0 aliphatic heterocycles. The van der Waals surface area contributed by atoms with E-state index in [1.165, 1.54) is 19.2 Å². The standard InChI is InChI=1S/C25H26N6O3.ClH/c1-33-21-11-17(8-9-20(21)30-25(32)34-14-16-5-4-10-27-12-16)19-13-31(18-6-2-3-7-18)24-22(19)23(26)28-15-29-24;/h4-5,8-13,15,18H,2-3,6-7,14H2,1H3,(H,30,32)(H2,26,28,29);1H. The summed E-state index contributed by atoms with van der Waals surface area (Å²) in [6.07, 6.45) is 11.0. The van der Waals surface area contributed by atoms with E-state index in [0.29, 0.717) is 23.3 Å².